The number of hydrogen-bond acceptors (Lipinski definition) is 2. The fourth-order valence-corrected chi connectivity index (χ4v) is 1.16. The fourth-order valence-electron chi connectivity index (χ4n) is 0.733. The lowest BCUT2D eigenvalue weighted by Gasteiger charge is -2.14. The molecule has 0 rings (SSSR count). The molecule has 0 saturated heterocycles. The van der Waals surface area contributed by atoms with Crippen LogP contribution < -0.4 is 5.73 Å². The molecule has 0 aliphatic rings. The van der Waals surface area contributed by atoms with Crippen molar-refractivity contribution in [2.24, 2.45) is 5.73 Å². The summed E-state index contributed by atoms with van der Waals surface area (Å²) < 4.78 is 1.02. The molecule has 0 aliphatic heterocycles. The molecule has 0 fully saturated rings. The third kappa shape index (κ3) is 6.26. The quantitative estimate of drug-likeness (QED) is 0.733. The van der Waals surface area contributed by atoms with Crippen LogP contribution in [0.25, 0.3) is 0 Å². The standard InChI is InChI=1S/C7H15BrN2/c1-7(8)6-10(2)5-3-4-9/h1,3-6,9H2,2H3. The molecule has 0 unspecified atom stereocenters. The molecule has 2 N–H and O–H groups in total. The molecular weight excluding hydrogens is 192 g/mol. The van der Waals surface area contributed by atoms with Gasteiger partial charge in [0.25, 0.3) is 0 Å². The van der Waals surface area contributed by atoms with Crippen LogP contribution >= 0.6 is 15.9 Å². The van der Waals surface area contributed by atoms with Crippen molar-refractivity contribution in [2.45, 2.75) is 6.42 Å². The van der Waals surface area contributed by atoms with Crippen LogP contribution in [0, 0.1) is 0 Å². The Hall–Kier alpha value is 0.140. The number of nitrogens with zero attached hydrogens (tertiary/aromatic N) is 1. The third-order valence-electron chi connectivity index (χ3n) is 1.19. The summed E-state index contributed by atoms with van der Waals surface area (Å²) in [6.45, 7) is 6.46. The second-order valence-corrected chi connectivity index (χ2v) is 3.52. The van der Waals surface area contributed by atoms with Crippen molar-refractivity contribution in [2.75, 3.05) is 26.7 Å². The van der Waals surface area contributed by atoms with Gasteiger partial charge in [-0.15, -0.1) is 0 Å². The monoisotopic (exact) mass is 206 g/mol. The zero-order valence-electron chi connectivity index (χ0n) is 6.44. The lowest BCUT2D eigenvalue weighted by Crippen LogP contribution is -2.22. The Balaban J connectivity index is 3.25. The molecule has 3 heteroatoms. The molecule has 0 saturated carbocycles. The fraction of sp³-hybridized carbons (Fsp3) is 0.714. The van der Waals surface area contributed by atoms with E-state index in [-0.39, 0.29) is 0 Å². The Labute approximate surface area is 71.2 Å². The predicted molar refractivity (Wildman–Crippen MR) is 49.2 cm³/mol. The number of rotatable bonds is 5. The molecule has 60 valence electrons. The Morgan fingerprint density at radius 3 is 2.70 bits per heavy atom. The predicted octanol–water partition coefficient (Wildman–Crippen LogP) is 1.18. The zero-order chi connectivity index (χ0) is 7.98. The topological polar surface area (TPSA) is 29.3 Å². The molecule has 0 aromatic carbocycles. The van der Waals surface area contributed by atoms with Crippen LogP contribution in [0.3, 0.4) is 0 Å². The number of halogens is 1. The average Bonchev–Trinajstić information content (AvgIpc) is 1.82. The van der Waals surface area contributed by atoms with E-state index in [2.05, 4.69) is 34.5 Å². The maximum Gasteiger partial charge on any atom is 0.0290 e. The van der Waals surface area contributed by atoms with Crippen LogP contribution in [0.15, 0.2) is 11.1 Å². The first-order valence-corrected chi connectivity index (χ1v) is 4.18. The smallest absolute Gasteiger partial charge is 0.0290 e. The van der Waals surface area contributed by atoms with E-state index in [0.717, 1.165) is 30.5 Å². The van der Waals surface area contributed by atoms with Crippen LogP contribution in [0.2, 0.25) is 0 Å². The molecule has 0 atom stereocenters. The summed E-state index contributed by atoms with van der Waals surface area (Å²) in [5.41, 5.74) is 5.35. The number of hydrogen-bond donors (Lipinski definition) is 1. The summed E-state index contributed by atoms with van der Waals surface area (Å²) in [6, 6.07) is 0. The molecule has 2 nitrogen and oxygen atoms in total. The van der Waals surface area contributed by atoms with E-state index < -0.39 is 0 Å². The molecule has 0 aromatic heterocycles. The molecule has 0 aliphatic carbocycles. The van der Waals surface area contributed by atoms with Crippen LogP contribution in [0.4, 0.5) is 0 Å². The highest BCUT2D eigenvalue weighted by Gasteiger charge is 1.96. The largest absolute Gasteiger partial charge is 0.330 e. The highest BCUT2D eigenvalue weighted by Crippen LogP contribution is 2.01. The van der Waals surface area contributed by atoms with Crippen molar-refractivity contribution < 1.29 is 0 Å². The molecule has 0 aromatic rings. The Kier molecular flexibility index (Phi) is 5.97. The Morgan fingerprint density at radius 1 is 1.70 bits per heavy atom. The molecule has 0 bridgehead atoms. The van der Waals surface area contributed by atoms with Crippen LogP contribution in [-0.4, -0.2) is 31.6 Å². The summed E-state index contributed by atoms with van der Waals surface area (Å²) >= 11 is 3.30. The summed E-state index contributed by atoms with van der Waals surface area (Å²) in [7, 11) is 2.06. The van der Waals surface area contributed by atoms with E-state index in [1.807, 2.05) is 0 Å². The lowest BCUT2D eigenvalue weighted by atomic mass is 10.4. The maximum absolute atomic E-state index is 5.35. The molecule has 10 heavy (non-hydrogen) atoms. The summed E-state index contributed by atoms with van der Waals surface area (Å²) in [4.78, 5) is 2.18. The van der Waals surface area contributed by atoms with Gasteiger partial charge in [-0.2, -0.15) is 0 Å². The number of nitrogens with two attached hydrogens (primary N) is 1. The van der Waals surface area contributed by atoms with Crippen molar-refractivity contribution in [1.82, 2.24) is 4.90 Å². The van der Waals surface area contributed by atoms with E-state index in [0.29, 0.717) is 0 Å². The van der Waals surface area contributed by atoms with Gasteiger partial charge in [-0.05, 0) is 26.6 Å². The van der Waals surface area contributed by atoms with E-state index in [1.165, 1.54) is 0 Å². The van der Waals surface area contributed by atoms with Crippen LogP contribution in [-0.2, 0) is 0 Å². The van der Waals surface area contributed by atoms with E-state index >= 15 is 0 Å². The van der Waals surface area contributed by atoms with Crippen LogP contribution in [0.1, 0.15) is 6.42 Å². The minimum Gasteiger partial charge on any atom is -0.330 e. The third-order valence-corrected chi connectivity index (χ3v) is 1.44. The second-order valence-electron chi connectivity index (χ2n) is 2.40. The van der Waals surface area contributed by atoms with Gasteiger partial charge < -0.3 is 10.6 Å². The number of likely N-dealkylation sites (N-methyl/N-ethyl adjacent to an activating group) is 1. The minimum atomic E-state index is 0.763. The van der Waals surface area contributed by atoms with Gasteiger partial charge in [-0.1, -0.05) is 22.5 Å². The zero-order valence-corrected chi connectivity index (χ0v) is 8.02. The normalized spacial score (nSPS) is 10.4. The highest BCUT2D eigenvalue weighted by molar-refractivity contribution is 9.11. The maximum atomic E-state index is 5.35. The first-order valence-electron chi connectivity index (χ1n) is 3.38. The highest BCUT2D eigenvalue weighted by atomic mass is 79.9. The van der Waals surface area contributed by atoms with E-state index in [1.54, 1.807) is 0 Å². The van der Waals surface area contributed by atoms with Gasteiger partial charge in [0, 0.05) is 11.0 Å². The second kappa shape index (κ2) is 5.89. The van der Waals surface area contributed by atoms with E-state index in [4.69, 9.17) is 5.73 Å². The minimum absolute atomic E-state index is 0.763. The average molecular weight is 207 g/mol. The SMILES string of the molecule is C=C(Br)CN(C)CCCN. The van der Waals surface area contributed by atoms with Gasteiger partial charge in [0.1, 0.15) is 0 Å². The van der Waals surface area contributed by atoms with Crippen molar-refractivity contribution in [3.63, 3.8) is 0 Å². The first kappa shape index (κ1) is 10.1. The van der Waals surface area contributed by atoms with Gasteiger partial charge in [0.2, 0.25) is 0 Å². The molecule has 0 amide bonds. The first-order chi connectivity index (χ1) is 4.66. The van der Waals surface area contributed by atoms with Gasteiger partial charge >= 0.3 is 0 Å². The molecule has 0 heterocycles. The Bertz CT molecular complexity index is 104. The molecule has 0 spiro atoms. The van der Waals surface area contributed by atoms with Crippen molar-refractivity contribution >= 4 is 15.9 Å². The summed E-state index contributed by atoms with van der Waals surface area (Å²) in [5.74, 6) is 0. The molecule has 0 radical (unpaired) electrons. The van der Waals surface area contributed by atoms with Gasteiger partial charge in [0.15, 0.2) is 0 Å². The van der Waals surface area contributed by atoms with Gasteiger partial charge in [-0.3, -0.25) is 0 Å². The van der Waals surface area contributed by atoms with Gasteiger partial charge in [0.05, 0.1) is 0 Å². The van der Waals surface area contributed by atoms with Crippen LogP contribution in [0.5, 0.6) is 0 Å². The Morgan fingerprint density at radius 2 is 2.30 bits per heavy atom. The van der Waals surface area contributed by atoms with E-state index in [9.17, 15) is 0 Å². The molecular formula is C7H15BrN2. The van der Waals surface area contributed by atoms with Crippen molar-refractivity contribution in [1.29, 1.82) is 0 Å². The van der Waals surface area contributed by atoms with Gasteiger partial charge in [-0.25, -0.2) is 0 Å². The van der Waals surface area contributed by atoms with Crippen molar-refractivity contribution in [3.05, 3.63) is 11.1 Å². The van der Waals surface area contributed by atoms with Crippen molar-refractivity contribution in [3.8, 4) is 0 Å². The summed E-state index contributed by atoms with van der Waals surface area (Å²) in [5, 5.41) is 0. The summed E-state index contributed by atoms with van der Waals surface area (Å²) in [6.07, 6.45) is 1.05. The lowest BCUT2D eigenvalue weighted by molar-refractivity contribution is 0.365.